The number of benzene rings is 3. The van der Waals surface area contributed by atoms with E-state index < -0.39 is 19.8 Å². The van der Waals surface area contributed by atoms with Gasteiger partial charge < -0.3 is 5.11 Å². The second-order valence-electron chi connectivity index (χ2n) is 9.42. The smallest absolute Gasteiger partial charge is 0.332 e. The zero-order chi connectivity index (χ0) is 24.7. The molecule has 2 amide bonds. The largest absolute Gasteiger partial charge is 0.365 e. The van der Waals surface area contributed by atoms with E-state index in [1.54, 1.807) is 53.4 Å². The fourth-order valence-electron chi connectivity index (χ4n) is 4.08. The van der Waals surface area contributed by atoms with Gasteiger partial charge in [0, 0.05) is 32.5 Å². The molecule has 1 aliphatic rings. The van der Waals surface area contributed by atoms with Crippen LogP contribution in [0.5, 0.6) is 0 Å². The summed E-state index contributed by atoms with van der Waals surface area (Å²) in [7, 11) is -1.58. The normalized spacial score (nSPS) is 20.3. The number of hydrogen-bond donors (Lipinski definition) is 1. The lowest BCUT2D eigenvalue weighted by atomic mass is 9.93. The van der Waals surface area contributed by atoms with Crippen molar-refractivity contribution < 1.29 is 9.90 Å². The van der Waals surface area contributed by atoms with E-state index in [1.807, 2.05) is 31.2 Å². The van der Waals surface area contributed by atoms with Crippen LogP contribution in [0.4, 0.5) is 16.2 Å². The molecule has 1 aliphatic heterocycles. The van der Waals surface area contributed by atoms with Crippen LogP contribution in [0.25, 0.3) is 0 Å². The van der Waals surface area contributed by atoms with Crippen molar-refractivity contribution in [3.05, 3.63) is 94.0 Å². The fraction of sp³-hybridized carbons (Fsp3) is 0.222. The van der Waals surface area contributed by atoms with Gasteiger partial charge in [-0.15, -0.1) is 5.54 Å². The predicted octanol–water partition coefficient (Wildman–Crippen LogP) is 6.90. The lowest BCUT2D eigenvalue weighted by Crippen LogP contribution is -2.48. The number of hydrogen-bond acceptors (Lipinski definition) is 2. The van der Waals surface area contributed by atoms with E-state index in [0.717, 1.165) is 5.56 Å². The van der Waals surface area contributed by atoms with E-state index in [2.05, 4.69) is 31.1 Å². The molecule has 0 saturated carbocycles. The highest BCUT2D eigenvalue weighted by molar-refractivity contribution is 6.83. The average Bonchev–Trinajstić information content (AvgIpc) is 3.00. The highest BCUT2D eigenvalue weighted by Gasteiger charge is 2.56. The molecule has 0 spiro atoms. The summed E-state index contributed by atoms with van der Waals surface area (Å²) in [5.41, 5.74) is 4.29. The zero-order valence-electron chi connectivity index (χ0n) is 19.5. The summed E-state index contributed by atoms with van der Waals surface area (Å²) in [6.07, 6.45) is 0. The third kappa shape index (κ3) is 4.60. The Morgan fingerprint density at radius 2 is 1.47 bits per heavy atom. The summed E-state index contributed by atoms with van der Waals surface area (Å²) >= 11 is 12.2. The van der Waals surface area contributed by atoms with Crippen LogP contribution in [0.3, 0.4) is 0 Å². The molecule has 0 aromatic heterocycles. The molecule has 0 bridgehead atoms. The Morgan fingerprint density at radius 3 is 2.03 bits per heavy atom. The van der Waals surface area contributed by atoms with Crippen LogP contribution < -0.4 is 9.80 Å². The predicted molar refractivity (Wildman–Crippen MR) is 143 cm³/mol. The number of nitrogens with zero attached hydrogens (tertiary/aromatic N) is 2. The van der Waals surface area contributed by atoms with Gasteiger partial charge in [-0.3, -0.25) is 9.80 Å². The van der Waals surface area contributed by atoms with E-state index >= 15 is 0 Å². The van der Waals surface area contributed by atoms with Gasteiger partial charge in [0.25, 0.3) is 0 Å². The van der Waals surface area contributed by atoms with Crippen molar-refractivity contribution in [2.75, 3.05) is 9.80 Å². The Kier molecular flexibility index (Phi) is 6.54. The van der Waals surface area contributed by atoms with E-state index in [9.17, 15) is 9.90 Å². The molecule has 2 atom stereocenters. The Hall–Kier alpha value is -2.75. The number of anilines is 2. The molecule has 1 N–H and O–H groups in total. The number of carbonyl (C=O) groups excluding carboxylic acids is 1. The number of amides is 2. The molecule has 7 heteroatoms. The monoisotopic (exact) mass is 508 g/mol. The molecule has 1 saturated heterocycles. The quantitative estimate of drug-likeness (QED) is 0.308. The topological polar surface area (TPSA) is 43.8 Å². The summed E-state index contributed by atoms with van der Waals surface area (Å²) in [5, 5.41) is 13.4. The van der Waals surface area contributed by atoms with Gasteiger partial charge in [-0.2, -0.15) is 0 Å². The molecular weight excluding hydrogens is 483 g/mol. The highest BCUT2D eigenvalue weighted by Crippen LogP contribution is 2.44. The minimum atomic E-state index is -1.65. The lowest BCUT2D eigenvalue weighted by molar-refractivity contribution is 0.0372. The van der Waals surface area contributed by atoms with Crippen molar-refractivity contribution in [3.63, 3.8) is 0 Å². The van der Waals surface area contributed by atoms with E-state index in [-0.39, 0.29) is 6.03 Å². The van der Waals surface area contributed by atoms with Crippen molar-refractivity contribution in [2.24, 2.45) is 0 Å². The van der Waals surface area contributed by atoms with Crippen molar-refractivity contribution in [2.45, 2.75) is 38.3 Å². The molecule has 34 heavy (non-hydrogen) atoms. The average molecular weight is 510 g/mol. The molecule has 3 aromatic carbocycles. The zero-order valence-corrected chi connectivity index (χ0v) is 22.0. The summed E-state index contributed by atoms with van der Waals surface area (Å²) in [6, 6.07) is 20.4. The summed E-state index contributed by atoms with van der Waals surface area (Å²) in [4.78, 5) is 16.8. The minimum Gasteiger partial charge on any atom is -0.365 e. The van der Waals surface area contributed by atoms with Crippen LogP contribution in [-0.2, 0) is 5.72 Å². The van der Waals surface area contributed by atoms with Gasteiger partial charge >= 0.3 is 6.03 Å². The van der Waals surface area contributed by atoms with E-state index in [4.69, 9.17) is 23.2 Å². The van der Waals surface area contributed by atoms with Crippen molar-refractivity contribution in [3.8, 4) is 11.5 Å². The van der Waals surface area contributed by atoms with E-state index in [1.165, 1.54) is 4.90 Å². The minimum absolute atomic E-state index is 0.349. The van der Waals surface area contributed by atoms with Crippen LogP contribution >= 0.6 is 23.2 Å². The Balaban J connectivity index is 1.88. The first-order chi connectivity index (χ1) is 16.0. The molecule has 0 radical (unpaired) electrons. The maximum absolute atomic E-state index is 13.8. The molecular formula is C27H26Cl2N2O2Si. The molecule has 4 rings (SSSR count). The van der Waals surface area contributed by atoms with Crippen molar-refractivity contribution in [1.82, 2.24) is 0 Å². The van der Waals surface area contributed by atoms with Gasteiger partial charge in [0.05, 0.1) is 6.04 Å². The molecule has 1 heterocycles. The van der Waals surface area contributed by atoms with Gasteiger partial charge in [-0.1, -0.05) is 60.9 Å². The first kappa shape index (κ1) is 24.4. The Labute approximate surface area is 211 Å². The number of carbonyl (C=O) groups is 1. The lowest BCUT2D eigenvalue weighted by Gasteiger charge is -2.35. The number of halogens is 2. The summed E-state index contributed by atoms with van der Waals surface area (Å²) in [5.74, 6) is 3.25. The number of rotatable bonds is 3. The van der Waals surface area contributed by atoms with Gasteiger partial charge in [0.1, 0.15) is 8.07 Å². The van der Waals surface area contributed by atoms with Crippen molar-refractivity contribution in [1.29, 1.82) is 0 Å². The molecule has 2 unspecified atom stereocenters. The summed E-state index contributed by atoms with van der Waals surface area (Å²) in [6.45, 7) is 8.38. The van der Waals surface area contributed by atoms with Crippen LogP contribution in [0, 0.1) is 11.5 Å². The molecule has 0 aliphatic carbocycles. The van der Waals surface area contributed by atoms with Crippen molar-refractivity contribution >= 4 is 48.7 Å². The van der Waals surface area contributed by atoms with Crippen LogP contribution in [0.2, 0.25) is 29.7 Å². The first-order valence-electron chi connectivity index (χ1n) is 11.0. The van der Waals surface area contributed by atoms with Gasteiger partial charge in [-0.05, 0) is 67.6 Å². The maximum Gasteiger partial charge on any atom is 0.332 e. The molecule has 174 valence electrons. The van der Waals surface area contributed by atoms with Crippen LogP contribution in [0.15, 0.2) is 72.8 Å². The standard InChI is InChI=1S/C27H26Cl2N2O2Si/c1-19-27(33,21-7-5-6-20(18-21)16-17-34(2,3)4)31(25-14-10-23(29)11-15-25)26(32)30(19)24-12-8-22(28)9-13-24/h5-15,18-19,33H,1-4H3. The van der Waals surface area contributed by atoms with Crippen LogP contribution in [-0.4, -0.2) is 25.3 Å². The highest BCUT2D eigenvalue weighted by atomic mass is 35.5. The third-order valence-corrected chi connectivity index (χ3v) is 7.15. The maximum atomic E-state index is 13.8. The second-order valence-corrected chi connectivity index (χ2v) is 15.0. The fourth-order valence-corrected chi connectivity index (χ4v) is 4.85. The van der Waals surface area contributed by atoms with Gasteiger partial charge in [0.2, 0.25) is 0 Å². The second kappa shape index (κ2) is 9.13. The Bertz CT molecular complexity index is 1280. The van der Waals surface area contributed by atoms with Gasteiger partial charge in [-0.25, -0.2) is 4.79 Å². The summed E-state index contributed by atoms with van der Waals surface area (Å²) < 4.78 is 0. The number of urea groups is 1. The molecule has 3 aromatic rings. The molecule has 4 nitrogen and oxygen atoms in total. The third-order valence-electron chi connectivity index (χ3n) is 5.77. The van der Waals surface area contributed by atoms with Crippen LogP contribution in [0.1, 0.15) is 18.1 Å². The number of aliphatic hydroxyl groups is 1. The first-order valence-corrected chi connectivity index (χ1v) is 15.3. The molecule has 1 fully saturated rings. The SMILES string of the molecule is CC1N(c2ccc(Cl)cc2)C(=O)N(c2ccc(Cl)cc2)C1(O)c1cccc(C#C[Si](C)(C)C)c1. The van der Waals surface area contributed by atoms with E-state index in [0.29, 0.717) is 27.0 Å². The van der Waals surface area contributed by atoms with Gasteiger partial charge in [0.15, 0.2) is 5.72 Å². The Morgan fingerprint density at radius 1 is 0.912 bits per heavy atom.